The summed E-state index contributed by atoms with van der Waals surface area (Å²) >= 11 is 0. The number of rotatable bonds is 4. The van der Waals surface area contributed by atoms with Crippen LogP contribution in [0.25, 0.3) is 11.0 Å². The summed E-state index contributed by atoms with van der Waals surface area (Å²) in [6, 6.07) is 5.04. The largest absolute Gasteiger partial charge is 0.508 e. The minimum atomic E-state index is -0.370. The van der Waals surface area contributed by atoms with Crippen LogP contribution >= 0.6 is 0 Å². The molecule has 0 spiro atoms. The number of aliphatic hydroxyl groups is 1. The number of fused-ring (bicyclic) bond motifs is 1. The van der Waals surface area contributed by atoms with Crippen LogP contribution in [0.1, 0.15) is 11.1 Å². The third-order valence-corrected chi connectivity index (χ3v) is 4.79. The number of phenols is 1. The van der Waals surface area contributed by atoms with Gasteiger partial charge in [0.1, 0.15) is 50.6 Å². The van der Waals surface area contributed by atoms with Gasteiger partial charge in [-0.15, -0.1) is 0 Å². The molecule has 0 unspecified atom stereocenters. The van der Waals surface area contributed by atoms with E-state index in [1.54, 1.807) is 19.1 Å². The molecule has 0 atom stereocenters. The Morgan fingerprint density at radius 1 is 1.17 bits per heavy atom. The normalized spacial score (nSPS) is 21.7. The first-order valence-electron chi connectivity index (χ1n) is 8.12. The minimum Gasteiger partial charge on any atom is -0.508 e. The summed E-state index contributed by atoms with van der Waals surface area (Å²) in [5.74, 6) is 0.145. The van der Waals surface area contributed by atoms with E-state index in [-0.39, 0.29) is 18.0 Å². The highest BCUT2D eigenvalue weighted by molar-refractivity contribution is 5.84. The Hall–Kier alpha value is -1.89. The van der Waals surface area contributed by atoms with Gasteiger partial charge in [0.15, 0.2) is 0 Å². The van der Waals surface area contributed by atoms with E-state index >= 15 is 0 Å². The number of aromatic hydroxyl groups is 1. The van der Waals surface area contributed by atoms with E-state index in [9.17, 15) is 9.90 Å². The van der Waals surface area contributed by atoms with Gasteiger partial charge in [-0.2, -0.15) is 0 Å². The first kappa shape index (κ1) is 16.0. The quantitative estimate of drug-likeness (QED) is 0.496. The fraction of sp³-hybridized carbons (Fsp3) is 0.471. The van der Waals surface area contributed by atoms with Gasteiger partial charge in [-0.05, 0) is 19.1 Å². The molecule has 6 nitrogen and oxygen atoms in total. The van der Waals surface area contributed by atoms with Crippen molar-refractivity contribution in [3.05, 3.63) is 39.7 Å². The van der Waals surface area contributed by atoms with E-state index in [4.69, 9.17) is 9.52 Å². The molecule has 1 fully saturated rings. The SMILES string of the molecule is Cc1c(O)ccc2c(C[NH+]3CC[NH+](CCO)CC3)cc(=O)oc12. The fourth-order valence-corrected chi connectivity index (χ4v) is 3.37. The van der Waals surface area contributed by atoms with E-state index in [2.05, 4.69) is 0 Å². The number of aliphatic hydroxyl groups excluding tert-OH is 1. The predicted octanol–water partition coefficient (Wildman–Crippen LogP) is -1.92. The number of hydrogen-bond acceptors (Lipinski definition) is 4. The topological polar surface area (TPSA) is 79.5 Å². The van der Waals surface area contributed by atoms with Crippen LogP contribution < -0.4 is 15.4 Å². The highest BCUT2D eigenvalue weighted by atomic mass is 16.4. The molecule has 3 rings (SSSR count). The second-order valence-corrected chi connectivity index (χ2v) is 6.33. The van der Waals surface area contributed by atoms with E-state index < -0.39 is 0 Å². The molecule has 1 aromatic heterocycles. The van der Waals surface area contributed by atoms with Gasteiger partial charge in [-0.25, -0.2) is 4.79 Å². The summed E-state index contributed by atoms with van der Waals surface area (Å²) in [5.41, 5.74) is 1.69. The van der Waals surface area contributed by atoms with Gasteiger partial charge in [0.2, 0.25) is 0 Å². The third-order valence-electron chi connectivity index (χ3n) is 4.79. The van der Waals surface area contributed by atoms with Crippen LogP contribution in [0.5, 0.6) is 5.75 Å². The van der Waals surface area contributed by atoms with Crippen molar-refractivity contribution >= 4 is 11.0 Å². The maximum absolute atomic E-state index is 11.9. The lowest BCUT2D eigenvalue weighted by atomic mass is 10.1. The number of benzene rings is 1. The molecule has 124 valence electrons. The third kappa shape index (κ3) is 3.39. The molecule has 4 N–H and O–H groups in total. The summed E-state index contributed by atoms with van der Waals surface area (Å²) in [6.07, 6.45) is 0. The molecule has 23 heavy (non-hydrogen) atoms. The molecule has 2 heterocycles. The fourth-order valence-electron chi connectivity index (χ4n) is 3.37. The van der Waals surface area contributed by atoms with E-state index in [0.717, 1.165) is 50.2 Å². The van der Waals surface area contributed by atoms with Crippen molar-refractivity contribution in [1.82, 2.24) is 0 Å². The number of quaternary nitrogens is 2. The average molecular weight is 320 g/mol. The van der Waals surface area contributed by atoms with Crippen LogP contribution in [0.15, 0.2) is 27.4 Å². The number of nitrogens with one attached hydrogen (secondary N) is 2. The Labute approximate surface area is 134 Å². The first-order chi connectivity index (χ1) is 11.1. The molecule has 0 saturated carbocycles. The molecule has 6 heteroatoms. The lowest BCUT2D eigenvalue weighted by Crippen LogP contribution is -3.27. The maximum atomic E-state index is 11.9. The van der Waals surface area contributed by atoms with Crippen molar-refractivity contribution in [3.8, 4) is 5.75 Å². The van der Waals surface area contributed by atoms with E-state index in [0.29, 0.717) is 11.1 Å². The predicted molar refractivity (Wildman–Crippen MR) is 85.9 cm³/mol. The minimum absolute atomic E-state index is 0.145. The standard InChI is InChI=1S/C17H22N2O4/c1-12-15(21)3-2-14-13(10-16(22)23-17(12)14)11-19-6-4-18(5-7-19)8-9-20/h2-3,10,20-21H,4-9,11H2,1H3/p+2. The van der Waals surface area contributed by atoms with E-state index in [1.165, 1.54) is 9.80 Å². The second kappa shape index (κ2) is 6.70. The van der Waals surface area contributed by atoms with Gasteiger partial charge in [0, 0.05) is 22.6 Å². The molecule has 1 saturated heterocycles. The number of piperazine rings is 1. The lowest BCUT2D eigenvalue weighted by Gasteiger charge is -2.29. The van der Waals surface area contributed by atoms with Crippen LogP contribution in [-0.4, -0.2) is 49.5 Å². The number of phenolic OH excluding ortho intramolecular Hbond substituents is 1. The van der Waals surface area contributed by atoms with Gasteiger partial charge in [-0.3, -0.25) is 0 Å². The molecule has 0 bridgehead atoms. The molecule has 1 aliphatic heterocycles. The van der Waals surface area contributed by atoms with Gasteiger partial charge in [0.05, 0.1) is 6.61 Å². The highest BCUT2D eigenvalue weighted by Gasteiger charge is 2.23. The molecule has 2 aromatic rings. The van der Waals surface area contributed by atoms with Gasteiger partial charge >= 0.3 is 5.63 Å². The Kier molecular flexibility index (Phi) is 4.66. The monoisotopic (exact) mass is 320 g/mol. The van der Waals surface area contributed by atoms with Crippen molar-refractivity contribution in [3.63, 3.8) is 0 Å². The van der Waals surface area contributed by atoms with Gasteiger partial charge in [-0.1, -0.05) is 0 Å². The van der Waals surface area contributed by atoms with Crippen molar-refractivity contribution < 1.29 is 24.4 Å². The average Bonchev–Trinajstić information content (AvgIpc) is 2.53. The van der Waals surface area contributed by atoms with Crippen LogP contribution in [0, 0.1) is 6.92 Å². The molecule has 1 aromatic carbocycles. The summed E-state index contributed by atoms with van der Waals surface area (Å²) < 4.78 is 5.30. The second-order valence-electron chi connectivity index (χ2n) is 6.33. The Morgan fingerprint density at radius 2 is 1.87 bits per heavy atom. The van der Waals surface area contributed by atoms with Gasteiger partial charge < -0.3 is 24.4 Å². The summed E-state index contributed by atoms with van der Waals surface area (Å²) in [5, 5.41) is 19.7. The zero-order valence-electron chi connectivity index (χ0n) is 13.4. The zero-order chi connectivity index (χ0) is 16.4. The van der Waals surface area contributed by atoms with Gasteiger partial charge in [0.25, 0.3) is 0 Å². The first-order valence-corrected chi connectivity index (χ1v) is 8.12. The Morgan fingerprint density at radius 3 is 2.57 bits per heavy atom. The lowest BCUT2D eigenvalue weighted by molar-refractivity contribution is -1.02. The molecule has 1 aliphatic rings. The van der Waals surface area contributed by atoms with Crippen molar-refractivity contribution in [1.29, 1.82) is 0 Å². The van der Waals surface area contributed by atoms with Crippen molar-refractivity contribution in [2.45, 2.75) is 13.5 Å². The molecule has 0 aliphatic carbocycles. The summed E-state index contributed by atoms with van der Waals surface area (Å²) in [6.45, 7) is 7.70. The molecule has 0 amide bonds. The summed E-state index contributed by atoms with van der Waals surface area (Å²) in [4.78, 5) is 14.7. The maximum Gasteiger partial charge on any atom is 0.336 e. The smallest absolute Gasteiger partial charge is 0.336 e. The number of hydrogen-bond donors (Lipinski definition) is 4. The zero-order valence-corrected chi connectivity index (χ0v) is 13.4. The summed E-state index contributed by atoms with van der Waals surface area (Å²) in [7, 11) is 0. The van der Waals surface area contributed by atoms with Crippen molar-refractivity contribution in [2.75, 3.05) is 39.3 Å². The Balaban J connectivity index is 1.84. The molecular weight excluding hydrogens is 296 g/mol. The van der Waals surface area contributed by atoms with Crippen LogP contribution in [0.3, 0.4) is 0 Å². The highest BCUT2D eigenvalue weighted by Crippen LogP contribution is 2.26. The molecular formula is C17H24N2O4+2. The van der Waals surface area contributed by atoms with E-state index in [1.807, 2.05) is 6.07 Å². The molecule has 0 radical (unpaired) electrons. The van der Waals surface area contributed by atoms with Crippen LogP contribution in [-0.2, 0) is 6.54 Å². The van der Waals surface area contributed by atoms with Crippen LogP contribution in [0.4, 0.5) is 0 Å². The van der Waals surface area contributed by atoms with Crippen molar-refractivity contribution in [2.24, 2.45) is 0 Å². The number of aryl methyl sites for hydroxylation is 1. The van der Waals surface area contributed by atoms with Crippen LogP contribution in [0.2, 0.25) is 0 Å². The Bertz CT molecular complexity index is 748.